The Morgan fingerprint density at radius 3 is 3.05 bits per heavy atom. The van der Waals surface area contributed by atoms with Gasteiger partial charge in [0.25, 0.3) is 0 Å². The van der Waals surface area contributed by atoms with E-state index in [0.29, 0.717) is 11.9 Å². The lowest BCUT2D eigenvalue weighted by Gasteiger charge is -2.15. The summed E-state index contributed by atoms with van der Waals surface area (Å²) in [5.41, 5.74) is 12.2. The van der Waals surface area contributed by atoms with Crippen LogP contribution in [0.2, 0.25) is 0 Å². The Kier molecular flexibility index (Phi) is 2.64. The molecule has 1 atom stereocenters. The number of fused-ring (bicyclic) bond motifs is 2. The molecule has 2 aromatic carbocycles. The molecule has 21 heavy (non-hydrogen) atoms. The molecule has 4 heteroatoms. The molecule has 1 unspecified atom stereocenters. The van der Waals surface area contributed by atoms with Crippen molar-refractivity contribution in [3.05, 3.63) is 53.4 Å². The molecule has 1 aromatic heterocycles. The fourth-order valence-electron chi connectivity index (χ4n) is 3.12. The Morgan fingerprint density at radius 1 is 1.24 bits per heavy atom. The van der Waals surface area contributed by atoms with Crippen molar-refractivity contribution in [3.63, 3.8) is 0 Å². The molecule has 0 amide bonds. The van der Waals surface area contributed by atoms with Gasteiger partial charge in [0.15, 0.2) is 11.5 Å². The van der Waals surface area contributed by atoms with Crippen molar-refractivity contribution in [2.24, 2.45) is 0 Å². The quantitative estimate of drug-likeness (QED) is 0.700. The molecule has 4 rings (SSSR count). The van der Waals surface area contributed by atoms with Crippen LogP contribution in [-0.2, 0) is 6.42 Å². The number of nitrogen functional groups attached to an aromatic ring is 1. The number of aromatic nitrogens is 1. The van der Waals surface area contributed by atoms with Gasteiger partial charge in [-0.2, -0.15) is 0 Å². The van der Waals surface area contributed by atoms with Crippen LogP contribution in [0.1, 0.15) is 29.5 Å². The molecule has 3 N–H and O–H groups in total. The third-order valence-electron chi connectivity index (χ3n) is 4.08. The van der Waals surface area contributed by atoms with Crippen molar-refractivity contribution in [1.29, 1.82) is 0 Å². The van der Waals surface area contributed by atoms with Crippen molar-refractivity contribution in [2.45, 2.75) is 25.8 Å². The lowest BCUT2D eigenvalue weighted by molar-refractivity contribution is 0.561. The second-order valence-electron chi connectivity index (χ2n) is 5.61. The largest absolute Gasteiger partial charge is 0.441 e. The topological polar surface area (TPSA) is 64.1 Å². The summed E-state index contributed by atoms with van der Waals surface area (Å²) in [7, 11) is 0. The summed E-state index contributed by atoms with van der Waals surface area (Å²) in [4.78, 5) is 4.38. The first-order chi connectivity index (χ1) is 10.2. The number of nitrogens with two attached hydrogens (primary N) is 1. The van der Waals surface area contributed by atoms with E-state index in [0.717, 1.165) is 35.3 Å². The van der Waals surface area contributed by atoms with Gasteiger partial charge >= 0.3 is 0 Å². The Labute approximate surface area is 123 Å². The average molecular weight is 279 g/mol. The summed E-state index contributed by atoms with van der Waals surface area (Å²) in [6, 6.07) is 12.6. The monoisotopic (exact) mass is 279 g/mol. The third kappa shape index (κ3) is 2.13. The fourth-order valence-corrected chi connectivity index (χ4v) is 3.12. The predicted molar refractivity (Wildman–Crippen MR) is 84.3 cm³/mol. The second-order valence-corrected chi connectivity index (χ2v) is 5.61. The Balaban J connectivity index is 1.64. The van der Waals surface area contributed by atoms with E-state index < -0.39 is 0 Å². The number of hydrogen-bond acceptors (Lipinski definition) is 4. The molecule has 0 spiro atoms. The number of nitrogens with zero attached hydrogens (tertiary/aromatic N) is 1. The molecule has 0 saturated carbocycles. The normalized spacial score (nSPS) is 17.1. The van der Waals surface area contributed by atoms with Gasteiger partial charge in [-0.05, 0) is 54.3 Å². The van der Waals surface area contributed by atoms with Crippen LogP contribution in [0.15, 0.2) is 40.8 Å². The van der Waals surface area contributed by atoms with E-state index in [1.54, 1.807) is 0 Å². The molecule has 3 aromatic rings. The van der Waals surface area contributed by atoms with Gasteiger partial charge in [0.2, 0.25) is 0 Å². The van der Waals surface area contributed by atoms with Crippen LogP contribution in [0.4, 0.5) is 11.4 Å². The molecule has 0 aliphatic heterocycles. The second kappa shape index (κ2) is 4.52. The number of aryl methyl sites for hydroxylation is 2. The zero-order valence-electron chi connectivity index (χ0n) is 11.9. The maximum absolute atomic E-state index is 5.85. The van der Waals surface area contributed by atoms with E-state index >= 15 is 0 Å². The van der Waals surface area contributed by atoms with Crippen LogP contribution < -0.4 is 11.1 Å². The van der Waals surface area contributed by atoms with Crippen LogP contribution in [0, 0.1) is 6.92 Å². The minimum atomic E-state index is 0.339. The summed E-state index contributed by atoms with van der Waals surface area (Å²) in [5, 5.41) is 3.60. The maximum atomic E-state index is 5.85. The third-order valence-corrected chi connectivity index (χ3v) is 4.08. The predicted octanol–water partition coefficient (Wildman–Crippen LogP) is 3.82. The summed E-state index contributed by atoms with van der Waals surface area (Å²) < 4.78 is 5.51. The van der Waals surface area contributed by atoms with Crippen LogP contribution >= 0.6 is 0 Å². The van der Waals surface area contributed by atoms with E-state index in [4.69, 9.17) is 10.2 Å². The molecular weight excluding hydrogens is 262 g/mol. The van der Waals surface area contributed by atoms with Gasteiger partial charge in [0, 0.05) is 18.3 Å². The number of nitrogens with one attached hydrogen (secondary N) is 1. The average Bonchev–Trinajstić information content (AvgIpc) is 3.01. The highest BCUT2D eigenvalue weighted by Crippen LogP contribution is 2.35. The van der Waals surface area contributed by atoms with Gasteiger partial charge in [-0.3, -0.25) is 0 Å². The van der Waals surface area contributed by atoms with Crippen molar-refractivity contribution in [1.82, 2.24) is 4.98 Å². The van der Waals surface area contributed by atoms with E-state index in [2.05, 4.69) is 22.4 Å². The fraction of sp³-hybridized carbons (Fsp3) is 0.235. The minimum absolute atomic E-state index is 0.339. The van der Waals surface area contributed by atoms with E-state index in [1.807, 2.05) is 31.2 Å². The molecule has 1 aliphatic rings. The van der Waals surface area contributed by atoms with Crippen molar-refractivity contribution in [3.8, 4) is 0 Å². The minimum Gasteiger partial charge on any atom is -0.441 e. The maximum Gasteiger partial charge on any atom is 0.192 e. The van der Waals surface area contributed by atoms with Gasteiger partial charge in [-0.25, -0.2) is 4.98 Å². The number of rotatable bonds is 2. The van der Waals surface area contributed by atoms with Crippen molar-refractivity contribution < 1.29 is 4.42 Å². The smallest absolute Gasteiger partial charge is 0.192 e. The van der Waals surface area contributed by atoms with Gasteiger partial charge < -0.3 is 15.5 Å². The molecule has 1 heterocycles. The SMILES string of the molecule is Cc1nc2cc(NC3CCc4cc(N)ccc43)ccc2o1. The molecule has 0 radical (unpaired) electrons. The van der Waals surface area contributed by atoms with E-state index in [9.17, 15) is 0 Å². The van der Waals surface area contributed by atoms with Gasteiger partial charge in [0.1, 0.15) is 5.52 Å². The lowest BCUT2D eigenvalue weighted by Crippen LogP contribution is -2.07. The Hall–Kier alpha value is -2.49. The van der Waals surface area contributed by atoms with Gasteiger partial charge in [-0.1, -0.05) is 6.07 Å². The molecule has 4 nitrogen and oxygen atoms in total. The summed E-state index contributed by atoms with van der Waals surface area (Å²) in [5.74, 6) is 0.698. The van der Waals surface area contributed by atoms with E-state index in [1.165, 1.54) is 11.1 Å². The Morgan fingerprint density at radius 2 is 2.14 bits per heavy atom. The van der Waals surface area contributed by atoms with Crippen LogP contribution in [0.5, 0.6) is 0 Å². The van der Waals surface area contributed by atoms with E-state index in [-0.39, 0.29) is 0 Å². The lowest BCUT2D eigenvalue weighted by atomic mass is 10.1. The molecular formula is C17H17N3O. The highest BCUT2D eigenvalue weighted by atomic mass is 16.3. The number of benzene rings is 2. The van der Waals surface area contributed by atoms with Crippen molar-refractivity contribution in [2.75, 3.05) is 11.1 Å². The van der Waals surface area contributed by atoms with Gasteiger partial charge in [-0.15, -0.1) is 0 Å². The highest BCUT2D eigenvalue weighted by molar-refractivity contribution is 5.77. The molecule has 1 aliphatic carbocycles. The first-order valence-corrected chi connectivity index (χ1v) is 7.21. The molecule has 106 valence electrons. The number of hydrogen-bond donors (Lipinski definition) is 2. The summed E-state index contributed by atoms with van der Waals surface area (Å²) in [6.07, 6.45) is 2.16. The van der Waals surface area contributed by atoms with Crippen LogP contribution in [-0.4, -0.2) is 4.98 Å². The van der Waals surface area contributed by atoms with Crippen molar-refractivity contribution >= 4 is 22.5 Å². The van der Waals surface area contributed by atoms with Crippen LogP contribution in [0.3, 0.4) is 0 Å². The molecule has 0 saturated heterocycles. The molecule has 0 fully saturated rings. The van der Waals surface area contributed by atoms with Gasteiger partial charge in [0.05, 0.1) is 6.04 Å². The number of anilines is 2. The first kappa shape index (κ1) is 12.3. The first-order valence-electron chi connectivity index (χ1n) is 7.21. The Bertz CT molecular complexity index is 822. The molecule has 0 bridgehead atoms. The summed E-state index contributed by atoms with van der Waals surface area (Å²) in [6.45, 7) is 1.87. The summed E-state index contributed by atoms with van der Waals surface area (Å²) >= 11 is 0. The standard InChI is InChI=1S/C17H17N3O/c1-10-19-16-9-13(4-7-17(16)21-10)20-15-6-2-11-8-12(18)3-5-14(11)15/h3-5,7-9,15,20H,2,6,18H2,1H3. The van der Waals surface area contributed by atoms with Crippen LogP contribution in [0.25, 0.3) is 11.1 Å². The number of oxazole rings is 1. The highest BCUT2D eigenvalue weighted by Gasteiger charge is 2.22. The zero-order valence-corrected chi connectivity index (χ0v) is 11.9. The zero-order chi connectivity index (χ0) is 14.4.